The van der Waals surface area contributed by atoms with E-state index in [2.05, 4.69) is 5.32 Å². The number of amides is 2. The molecule has 2 N–H and O–H groups in total. The van der Waals surface area contributed by atoms with E-state index in [-0.39, 0.29) is 18.6 Å². The van der Waals surface area contributed by atoms with Crippen LogP contribution in [0.25, 0.3) is 0 Å². The Morgan fingerprint density at radius 2 is 1.96 bits per heavy atom. The average Bonchev–Trinajstić information content (AvgIpc) is 3.15. The van der Waals surface area contributed by atoms with Crippen molar-refractivity contribution in [2.45, 2.75) is 19.6 Å². The van der Waals surface area contributed by atoms with Gasteiger partial charge in [0.25, 0.3) is 0 Å². The molecule has 1 atom stereocenters. The lowest BCUT2D eigenvalue weighted by atomic mass is 10.1. The highest BCUT2D eigenvalue weighted by atomic mass is 16.5. The molecule has 0 bridgehead atoms. The Labute approximate surface area is 148 Å². The lowest BCUT2D eigenvalue weighted by Crippen LogP contribution is -2.38. The summed E-state index contributed by atoms with van der Waals surface area (Å²) in [5.74, 6) is 1.05. The monoisotopic (exact) mass is 340 g/mol. The van der Waals surface area contributed by atoms with E-state index in [9.17, 15) is 4.79 Å². The van der Waals surface area contributed by atoms with Gasteiger partial charge in [0.05, 0.1) is 0 Å². The van der Waals surface area contributed by atoms with Crippen LogP contribution in [0.2, 0.25) is 0 Å². The summed E-state index contributed by atoms with van der Waals surface area (Å²) in [6, 6.07) is 17.7. The fraction of sp³-hybridized carbons (Fsp3) is 0.350. The normalized spacial score (nSPS) is 16.7. The van der Waals surface area contributed by atoms with Crippen molar-refractivity contribution < 1.29 is 14.6 Å². The molecule has 1 aliphatic heterocycles. The molecule has 0 saturated carbocycles. The van der Waals surface area contributed by atoms with E-state index in [0.29, 0.717) is 26.2 Å². The van der Waals surface area contributed by atoms with Crippen molar-refractivity contribution in [3.05, 3.63) is 65.7 Å². The van der Waals surface area contributed by atoms with Gasteiger partial charge in [0.1, 0.15) is 12.4 Å². The molecule has 1 heterocycles. The van der Waals surface area contributed by atoms with Gasteiger partial charge >= 0.3 is 6.03 Å². The maximum Gasteiger partial charge on any atom is 0.317 e. The molecule has 5 heteroatoms. The number of nitrogens with zero attached hydrogens (tertiary/aromatic N) is 1. The maximum absolute atomic E-state index is 12.2. The van der Waals surface area contributed by atoms with E-state index < -0.39 is 0 Å². The molecule has 0 radical (unpaired) electrons. The quantitative estimate of drug-likeness (QED) is 0.850. The molecule has 0 spiro atoms. The number of urea groups is 1. The third-order valence-corrected chi connectivity index (χ3v) is 4.42. The summed E-state index contributed by atoms with van der Waals surface area (Å²) in [6.45, 7) is 2.47. The zero-order chi connectivity index (χ0) is 17.5. The molecular weight excluding hydrogens is 316 g/mol. The first-order valence-electron chi connectivity index (χ1n) is 8.64. The Morgan fingerprint density at radius 1 is 1.16 bits per heavy atom. The van der Waals surface area contributed by atoms with Crippen LogP contribution < -0.4 is 10.1 Å². The third kappa shape index (κ3) is 4.97. The largest absolute Gasteiger partial charge is 0.489 e. The molecule has 2 aromatic carbocycles. The molecular formula is C20H24N2O3. The molecule has 2 amide bonds. The molecule has 5 nitrogen and oxygen atoms in total. The average molecular weight is 340 g/mol. The Bertz CT molecular complexity index is 690. The van der Waals surface area contributed by atoms with Crippen molar-refractivity contribution in [1.82, 2.24) is 10.2 Å². The summed E-state index contributed by atoms with van der Waals surface area (Å²) >= 11 is 0. The van der Waals surface area contributed by atoms with Gasteiger partial charge in [-0.3, -0.25) is 0 Å². The number of hydrogen-bond donors (Lipinski definition) is 2. The Balaban J connectivity index is 1.49. The van der Waals surface area contributed by atoms with Gasteiger partial charge in [-0.2, -0.15) is 0 Å². The molecule has 1 fully saturated rings. The molecule has 1 aliphatic rings. The first-order chi connectivity index (χ1) is 12.2. The fourth-order valence-electron chi connectivity index (χ4n) is 2.97. The highest BCUT2D eigenvalue weighted by Crippen LogP contribution is 2.16. The molecule has 25 heavy (non-hydrogen) atoms. The van der Waals surface area contributed by atoms with Crippen LogP contribution in [0.3, 0.4) is 0 Å². The van der Waals surface area contributed by atoms with Crippen LogP contribution in [0, 0.1) is 5.92 Å². The first-order valence-corrected chi connectivity index (χ1v) is 8.64. The van der Waals surface area contributed by atoms with Gasteiger partial charge in [0.15, 0.2) is 0 Å². The minimum atomic E-state index is -0.0677. The predicted molar refractivity (Wildman–Crippen MR) is 96.2 cm³/mol. The van der Waals surface area contributed by atoms with Gasteiger partial charge in [-0.05, 0) is 29.7 Å². The van der Waals surface area contributed by atoms with Gasteiger partial charge < -0.3 is 20.1 Å². The van der Waals surface area contributed by atoms with Crippen molar-refractivity contribution >= 4 is 6.03 Å². The van der Waals surface area contributed by atoms with Gasteiger partial charge in [0, 0.05) is 32.2 Å². The van der Waals surface area contributed by atoms with Crippen LogP contribution in [0.4, 0.5) is 4.79 Å². The van der Waals surface area contributed by atoms with E-state index in [1.807, 2.05) is 54.6 Å². The highest BCUT2D eigenvalue weighted by Gasteiger charge is 2.25. The molecule has 0 aliphatic carbocycles. The summed E-state index contributed by atoms with van der Waals surface area (Å²) in [4.78, 5) is 14.0. The number of carbonyl (C=O) groups is 1. The summed E-state index contributed by atoms with van der Waals surface area (Å²) < 4.78 is 5.76. The Hall–Kier alpha value is -2.53. The number of ether oxygens (including phenoxy) is 1. The number of nitrogens with one attached hydrogen (secondary N) is 1. The van der Waals surface area contributed by atoms with Crippen molar-refractivity contribution in [3.8, 4) is 5.75 Å². The number of benzene rings is 2. The first kappa shape index (κ1) is 17.3. The Morgan fingerprint density at radius 3 is 2.72 bits per heavy atom. The number of carbonyl (C=O) groups excluding carboxylic acids is 1. The van der Waals surface area contributed by atoms with E-state index in [1.165, 1.54) is 0 Å². The third-order valence-electron chi connectivity index (χ3n) is 4.42. The second-order valence-electron chi connectivity index (χ2n) is 6.36. The molecule has 1 saturated heterocycles. The SMILES string of the molecule is O=C(NCc1cccc(COc2ccccc2)c1)N1CCC(CO)C1. The minimum Gasteiger partial charge on any atom is -0.489 e. The number of rotatable bonds is 6. The lowest BCUT2D eigenvalue weighted by molar-refractivity contribution is 0.198. The number of aliphatic hydroxyl groups excluding tert-OH is 1. The van der Waals surface area contributed by atoms with E-state index >= 15 is 0 Å². The maximum atomic E-state index is 12.2. The van der Waals surface area contributed by atoms with Gasteiger partial charge in [0.2, 0.25) is 0 Å². The van der Waals surface area contributed by atoms with Crippen LogP contribution in [-0.2, 0) is 13.2 Å². The number of aliphatic hydroxyl groups is 1. The molecule has 132 valence electrons. The zero-order valence-corrected chi connectivity index (χ0v) is 14.2. The molecule has 1 unspecified atom stereocenters. The minimum absolute atomic E-state index is 0.0677. The zero-order valence-electron chi connectivity index (χ0n) is 14.2. The van der Waals surface area contributed by atoms with E-state index in [0.717, 1.165) is 23.3 Å². The van der Waals surface area contributed by atoms with Crippen LogP contribution >= 0.6 is 0 Å². The van der Waals surface area contributed by atoms with Crippen LogP contribution in [0.1, 0.15) is 17.5 Å². The summed E-state index contributed by atoms with van der Waals surface area (Å²) in [7, 11) is 0. The van der Waals surface area contributed by atoms with Crippen molar-refractivity contribution in [2.75, 3.05) is 19.7 Å². The molecule has 2 aromatic rings. The van der Waals surface area contributed by atoms with E-state index in [4.69, 9.17) is 9.84 Å². The summed E-state index contributed by atoms with van der Waals surface area (Å²) in [5.41, 5.74) is 2.11. The van der Waals surface area contributed by atoms with Crippen molar-refractivity contribution in [3.63, 3.8) is 0 Å². The Kier molecular flexibility index (Phi) is 5.90. The predicted octanol–water partition coefficient (Wildman–Crippen LogP) is 2.79. The number of para-hydroxylation sites is 1. The smallest absolute Gasteiger partial charge is 0.317 e. The molecule has 0 aromatic heterocycles. The van der Waals surface area contributed by atoms with Crippen molar-refractivity contribution in [1.29, 1.82) is 0 Å². The standard InChI is InChI=1S/C20H24N2O3/c23-14-18-9-10-22(13-18)20(24)21-12-16-5-4-6-17(11-16)15-25-19-7-2-1-3-8-19/h1-8,11,18,23H,9-10,12-15H2,(H,21,24). The topological polar surface area (TPSA) is 61.8 Å². The van der Waals surface area contributed by atoms with E-state index in [1.54, 1.807) is 4.90 Å². The van der Waals surface area contributed by atoms with Gasteiger partial charge in [-0.25, -0.2) is 4.79 Å². The van der Waals surface area contributed by atoms with Crippen LogP contribution in [0.15, 0.2) is 54.6 Å². The van der Waals surface area contributed by atoms with Gasteiger partial charge in [-0.1, -0.05) is 42.5 Å². The van der Waals surface area contributed by atoms with Crippen LogP contribution in [-0.4, -0.2) is 35.7 Å². The fourth-order valence-corrected chi connectivity index (χ4v) is 2.97. The highest BCUT2D eigenvalue weighted by molar-refractivity contribution is 5.74. The second kappa shape index (κ2) is 8.53. The molecule has 3 rings (SSSR count). The number of hydrogen-bond acceptors (Lipinski definition) is 3. The summed E-state index contributed by atoms with van der Waals surface area (Å²) in [5, 5.41) is 12.1. The lowest BCUT2D eigenvalue weighted by Gasteiger charge is -2.17. The second-order valence-corrected chi connectivity index (χ2v) is 6.36. The van der Waals surface area contributed by atoms with Crippen LogP contribution in [0.5, 0.6) is 5.75 Å². The van der Waals surface area contributed by atoms with Crippen molar-refractivity contribution in [2.24, 2.45) is 5.92 Å². The summed E-state index contributed by atoms with van der Waals surface area (Å²) in [6.07, 6.45) is 0.871. The number of likely N-dealkylation sites (tertiary alicyclic amines) is 1. The van der Waals surface area contributed by atoms with Gasteiger partial charge in [-0.15, -0.1) is 0 Å².